The lowest BCUT2D eigenvalue weighted by Crippen LogP contribution is -2.43. The number of hydrogen-bond donors (Lipinski definition) is 0. The molecule has 0 saturated heterocycles. The van der Waals surface area contributed by atoms with E-state index in [4.69, 9.17) is 4.74 Å². The lowest BCUT2D eigenvalue weighted by Gasteiger charge is -2.44. The van der Waals surface area contributed by atoms with E-state index in [-0.39, 0.29) is 11.6 Å². The molecule has 102 valence electrons. The van der Waals surface area contributed by atoms with Gasteiger partial charge in [0.15, 0.2) is 0 Å². The molecule has 18 heavy (non-hydrogen) atoms. The van der Waals surface area contributed by atoms with Gasteiger partial charge in [-0.1, -0.05) is 12.8 Å². The third-order valence-corrected chi connectivity index (χ3v) is 5.98. The third-order valence-electron chi connectivity index (χ3n) is 5.98. The van der Waals surface area contributed by atoms with Crippen LogP contribution in [0.25, 0.3) is 0 Å². The topological polar surface area (TPSA) is 26.3 Å². The van der Waals surface area contributed by atoms with Gasteiger partial charge in [0.2, 0.25) is 0 Å². The zero-order chi connectivity index (χ0) is 12.9. The monoisotopic (exact) mass is 250 g/mol. The zero-order valence-electron chi connectivity index (χ0n) is 11.9. The minimum Gasteiger partial charge on any atom is -0.460 e. The van der Waals surface area contributed by atoms with Crippen LogP contribution in [0.3, 0.4) is 0 Å². The summed E-state index contributed by atoms with van der Waals surface area (Å²) in [6.45, 7) is 5.79. The molecular weight excluding hydrogens is 224 g/mol. The molecule has 0 aromatic carbocycles. The maximum Gasteiger partial charge on any atom is 0.303 e. The predicted molar refractivity (Wildman–Crippen MR) is 71.0 cm³/mol. The molecule has 2 bridgehead atoms. The van der Waals surface area contributed by atoms with Crippen LogP contribution >= 0.6 is 0 Å². The first-order valence-electron chi connectivity index (χ1n) is 7.68. The largest absolute Gasteiger partial charge is 0.460 e. The molecule has 3 rings (SSSR count). The molecule has 0 amide bonds. The Kier molecular flexibility index (Phi) is 2.95. The molecule has 3 saturated carbocycles. The number of ether oxygens (including phenoxy) is 1. The van der Waals surface area contributed by atoms with Crippen LogP contribution in [0.5, 0.6) is 0 Å². The van der Waals surface area contributed by atoms with Gasteiger partial charge < -0.3 is 4.74 Å². The van der Waals surface area contributed by atoms with Crippen LogP contribution in [0.15, 0.2) is 0 Å². The SMILES string of the molecule is CC(=O)OC(C)(C)C1CC2CC1C1CCCCC21. The molecule has 0 heterocycles. The van der Waals surface area contributed by atoms with Crippen molar-refractivity contribution in [2.45, 2.75) is 64.9 Å². The molecule has 0 radical (unpaired) electrons. The lowest BCUT2D eigenvalue weighted by molar-refractivity contribution is -0.163. The fraction of sp³-hybridized carbons (Fsp3) is 0.938. The number of carbonyl (C=O) groups excluding carboxylic acids is 1. The summed E-state index contributed by atoms with van der Waals surface area (Å²) in [6.07, 6.45) is 8.47. The maximum absolute atomic E-state index is 11.3. The second-order valence-electron chi connectivity index (χ2n) is 7.31. The van der Waals surface area contributed by atoms with Gasteiger partial charge in [-0.2, -0.15) is 0 Å². The van der Waals surface area contributed by atoms with Crippen molar-refractivity contribution in [1.29, 1.82) is 0 Å². The summed E-state index contributed by atoms with van der Waals surface area (Å²) >= 11 is 0. The molecule has 3 aliphatic rings. The summed E-state index contributed by atoms with van der Waals surface area (Å²) in [7, 11) is 0. The summed E-state index contributed by atoms with van der Waals surface area (Å²) in [5.41, 5.74) is -0.256. The minimum absolute atomic E-state index is 0.122. The molecule has 0 N–H and O–H groups in total. The summed E-state index contributed by atoms with van der Waals surface area (Å²) in [5.74, 6) is 4.19. The molecule has 2 heteroatoms. The van der Waals surface area contributed by atoms with Gasteiger partial charge in [-0.3, -0.25) is 4.79 Å². The predicted octanol–water partition coefficient (Wildman–Crippen LogP) is 3.79. The van der Waals surface area contributed by atoms with Crippen molar-refractivity contribution in [3.8, 4) is 0 Å². The first kappa shape index (κ1) is 12.5. The van der Waals surface area contributed by atoms with Crippen molar-refractivity contribution < 1.29 is 9.53 Å². The minimum atomic E-state index is -0.256. The highest BCUT2D eigenvalue weighted by Crippen LogP contribution is 2.62. The van der Waals surface area contributed by atoms with Crippen molar-refractivity contribution in [2.75, 3.05) is 0 Å². The molecule has 0 spiro atoms. The Morgan fingerprint density at radius 3 is 2.39 bits per heavy atom. The highest BCUT2D eigenvalue weighted by Gasteiger charge is 2.56. The van der Waals surface area contributed by atoms with Gasteiger partial charge >= 0.3 is 5.97 Å². The average Bonchev–Trinajstić information content (AvgIpc) is 2.86. The van der Waals surface area contributed by atoms with E-state index in [0.717, 1.165) is 23.7 Å². The van der Waals surface area contributed by atoms with Gasteiger partial charge in [0, 0.05) is 12.8 Å². The molecule has 3 fully saturated rings. The van der Waals surface area contributed by atoms with E-state index in [1.807, 2.05) is 0 Å². The van der Waals surface area contributed by atoms with E-state index < -0.39 is 0 Å². The summed E-state index contributed by atoms with van der Waals surface area (Å²) < 4.78 is 5.62. The van der Waals surface area contributed by atoms with Crippen LogP contribution < -0.4 is 0 Å². The fourth-order valence-corrected chi connectivity index (χ4v) is 5.48. The lowest BCUT2D eigenvalue weighted by atomic mass is 9.64. The second kappa shape index (κ2) is 4.25. The Morgan fingerprint density at radius 2 is 1.72 bits per heavy atom. The quantitative estimate of drug-likeness (QED) is 0.697. The molecule has 0 aliphatic heterocycles. The van der Waals surface area contributed by atoms with E-state index in [0.29, 0.717) is 5.92 Å². The van der Waals surface area contributed by atoms with E-state index in [2.05, 4.69) is 13.8 Å². The van der Waals surface area contributed by atoms with Crippen LogP contribution in [0, 0.1) is 29.6 Å². The van der Waals surface area contributed by atoms with E-state index >= 15 is 0 Å². The van der Waals surface area contributed by atoms with Crippen LogP contribution in [0.1, 0.15) is 59.3 Å². The molecule has 2 nitrogen and oxygen atoms in total. The first-order chi connectivity index (χ1) is 8.49. The molecule has 5 unspecified atom stereocenters. The number of fused-ring (bicyclic) bond motifs is 5. The molecule has 0 aromatic heterocycles. The second-order valence-corrected chi connectivity index (χ2v) is 7.31. The summed E-state index contributed by atoms with van der Waals surface area (Å²) in [5, 5.41) is 0. The van der Waals surface area contributed by atoms with Crippen molar-refractivity contribution in [3.63, 3.8) is 0 Å². The van der Waals surface area contributed by atoms with Gasteiger partial charge in [0.1, 0.15) is 5.60 Å². The van der Waals surface area contributed by atoms with Gasteiger partial charge in [0.25, 0.3) is 0 Å². The summed E-state index contributed by atoms with van der Waals surface area (Å²) in [4.78, 5) is 11.3. The van der Waals surface area contributed by atoms with Crippen LogP contribution in [0.2, 0.25) is 0 Å². The van der Waals surface area contributed by atoms with Crippen LogP contribution in [-0.4, -0.2) is 11.6 Å². The van der Waals surface area contributed by atoms with Gasteiger partial charge in [-0.25, -0.2) is 0 Å². The fourth-order valence-electron chi connectivity index (χ4n) is 5.48. The first-order valence-corrected chi connectivity index (χ1v) is 7.68. The standard InChI is InChI=1S/C16H26O2/c1-10(17)18-16(2,3)15-9-11-8-14(15)13-7-5-4-6-12(11)13/h11-15H,4-9H2,1-3H3. The molecule has 5 atom stereocenters. The smallest absolute Gasteiger partial charge is 0.303 e. The highest BCUT2D eigenvalue weighted by molar-refractivity contribution is 5.66. The summed E-state index contributed by atoms with van der Waals surface area (Å²) in [6, 6.07) is 0. The number of carbonyl (C=O) groups is 1. The Morgan fingerprint density at radius 1 is 1.06 bits per heavy atom. The normalized spacial score (nSPS) is 42.7. The number of esters is 1. The zero-order valence-corrected chi connectivity index (χ0v) is 11.9. The maximum atomic E-state index is 11.3. The van der Waals surface area contributed by atoms with Crippen molar-refractivity contribution in [3.05, 3.63) is 0 Å². The van der Waals surface area contributed by atoms with Gasteiger partial charge in [-0.05, 0) is 63.2 Å². The number of hydrogen-bond acceptors (Lipinski definition) is 2. The molecule has 0 aromatic rings. The van der Waals surface area contributed by atoms with Crippen LogP contribution in [0.4, 0.5) is 0 Å². The Bertz CT molecular complexity index is 347. The highest BCUT2D eigenvalue weighted by atomic mass is 16.6. The van der Waals surface area contributed by atoms with Crippen LogP contribution in [-0.2, 0) is 9.53 Å². The van der Waals surface area contributed by atoms with E-state index in [9.17, 15) is 4.79 Å². The van der Waals surface area contributed by atoms with E-state index in [1.54, 1.807) is 6.92 Å². The Hall–Kier alpha value is -0.530. The number of rotatable bonds is 2. The van der Waals surface area contributed by atoms with Crippen molar-refractivity contribution in [1.82, 2.24) is 0 Å². The van der Waals surface area contributed by atoms with Gasteiger partial charge in [0.05, 0.1) is 0 Å². The molecular formula is C16H26O2. The van der Waals surface area contributed by atoms with Gasteiger partial charge in [-0.15, -0.1) is 0 Å². The van der Waals surface area contributed by atoms with E-state index in [1.165, 1.54) is 38.5 Å². The molecule has 3 aliphatic carbocycles. The van der Waals surface area contributed by atoms with Crippen molar-refractivity contribution in [2.24, 2.45) is 29.6 Å². The average molecular weight is 250 g/mol. The Labute approximate surface area is 110 Å². The third kappa shape index (κ3) is 1.88. The van der Waals surface area contributed by atoms with Crippen molar-refractivity contribution >= 4 is 5.97 Å². The Balaban J connectivity index is 1.75.